The summed E-state index contributed by atoms with van der Waals surface area (Å²) in [5, 5.41) is 3.75. The number of ketones is 1. The Morgan fingerprint density at radius 1 is 1.14 bits per heavy atom. The molecule has 2 aromatic rings. The van der Waals surface area contributed by atoms with Crippen molar-refractivity contribution >= 4 is 17.4 Å². The van der Waals surface area contributed by atoms with Crippen molar-refractivity contribution in [3.8, 4) is 0 Å². The van der Waals surface area contributed by atoms with Gasteiger partial charge in [0.15, 0.2) is 11.7 Å². The van der Waals surface area contributed by atoms with Crippen LogP contribution in [0.25, 0.3) is 0 Å². The Balaban J connectivity index is 2.05. The first-order chi connectivity index (χ1) is 10.7. The molecule has 0 radical (unpaired) electrons. The largest absolute Gasteiger partial charge is 0.479 e. The van der Waals surface area contributed by atoms with Crippen LogP contribution < -0.4 is 5.32 Å². The third-order valence-corrected chi connectivity index (χ3v) is 3.25. The van der Waals surface area contributed by atoms with E-state index in [-0.39, 0.29) is 5.78 Å². The lowest BCUT2D eigenvalue weighted by atomic mass is 10.1. The Kier molecular flexibility index (Phi) is 6.04. The standard InChI is InChI=1S/C18H18ClNO2/c1-2-22-18(20-13-14-6-4-3-5-7-14)12-17(21)15-8-10-16(19)11-9-15/h3-12,20H,2,13H2,1H3/b18-12-. The molecule has 2 aromatic carbocycles. The average Bonchev–Trinajstić information content (AvgIpc) is 2.54. The van der Waals surface area contributed by atoms with Gasteiger partial charge < -0.3 is 10.1 Å². The van der Waals surface area contributed by atoms with Crippen molar-refractivity contribution in [2.75, 3.05) is 6.61 Å². The van der Waals surface area contributed by atoms with Crippen LogP contribution in [-0.2, 0) is 11.3 Å². The average molecular weight is 316 g/mol. The Hall–Kier alpha value is -2.26. The first-order valence-corrected chi connectivity index (χ1v) is 7.49. The SMILES string of the molecule is CCO/C(=C\C(=O)c1ccc(Cl)cc1)NCc1ccccc1. The molecule has 0 saturated carbocycles. The van der Waals surface area contributed by atoms with Gasteiger partial charge in [-0.3, -0.25) is 4.79 Å². The predicted octanol–water partition coefficient (Wildman–Crippen LogP) is 4.19. The molecule has 0 fully saturated rings. The Morgan fingerprint density at radius 2 is 1.82 bits per heavy atom. The van der Waals surface area contributed by atoms with Gasteiger partial charge in [0.1, 0.15) is 0 Å². The highest BCUT2D eigenvalue weighted by atomic mass is 35.5. The molecule has 114 valence electrons. The summed E-state index contributed by atoms with van der Waals surface area (Å²) in [6.07, 6.45) is 1.47. The Morgan fingerprint density at radius 3 is 2.45 bits per heavy atom. The van der Waals surface area contributed by atoms with Crippen LogP contribution in [0.2, 0.25) is 5.02 Å². The number of allylic oxidation sites excluding steroid dienone is 1. The maximum absolute atomic E-state index is 12.2. The fourth-order valence-corrected chi connectivity index (χ4v) is 2.03. The molecule has 0 aliphatic heterocycles. The zero-order chi connectivity index (χ0) is 15.8. The van der Waals surface area contributed by atoms with Gasteiger partial charge >= 0.3 is 0 Å². The molecule has 0 atom stereocenters. The molecule has 4 heteroatoms. The topological polar surface area (TPSA) is 38.3 Å². The van der Waals surface area contributed by atoms with E-state index in [1.165, 1.54) is 6.08 Å². The third-order valence-electron chi connectivity index (χ3n) is 3.00. The molecular formula is C18H18ClNO2. The number of hydrogen-bond acceptors (Lipinski definition) is 3. The first kappa shape index (κ1) is 16.1. The molecule has 22 heavy (non-hydrogen) atoms. The molecule has 0 bridgehead atoms. The first-order valence-electron chi connectivity index (χ1n) is 7.11. The fourth-order valence-electron chi connectivity index (χ4n) is 1.90. The molecule has 1 N–H and O–H groups in total. The van der Waals surface area contributed by atoms with E-state index in [2.05, 4.69) is 5.32 Å². The molecule has 2 rings (SSSR count). The van der Waals surface area contributed by atoms with E-state index in [9.17, 15) is 4.79 Å². The summed E-state index contributed by atoms with van der Waals surface area (Å²) >= 11 is 5.83. The molecule has 0 spiro atoms. The molecule has 0 aliphatic carbocycles. The van der Waals surface area contributed by atoms with Gasteiger partial charge in [0.2, 0.25) is 0 Å². The van der Waals surface area contributed by atoms with Crippen LogP contribution in [0.5, 0.6) is 0 Å². The van der Waals surface area contributed by atoms with E-state index >= 15 is 0 Å². The van der Waals surface area contributed by atoms with E-state index in [0.29, 0.717) is 29.6 Å². The zero-order valence-electron chi connectivity index (χ0n) is 12.4. The summed E-state index contributed by atoms with van der Waals surface area (Å²) in [4.78, 5) is 12.2. The highest BCUT2D eigenvalue weighted by Crippen LogP contribution is 2.11. The van der Waals surface area contributed by atoms with Gasteiger partial charge in [0.05, 0.1) is 6.61 Å². The van der Waals surface area contributed by atoms with E-state index in [1.807, 2.05) is 37.3 Å². The van der Waals surface area contributed by atoms with Crippen LogP contribution >= 0.6 is 11.6 Å². The molecular weight excluding hydrogens is 298 g/mol. The molecule has 0 unspecified atom stereocenters. The summed E-state index contributed by atoms with van der Waals surface area (Å²) in [6, 6.07) is 16.7. The zero-order valence-corrected chi connectivity index (χ0v) is 13.1. The lowest BCUT2D eigenvalue weighted by molar-refractivity contribution is 0.103. The van der Waals surface area contributed by atoms with Gasteiger partial charge in [-0.2, -0.15) is 0 Å². The second-order valence-electron chi connectivity index (χ2n) is 4.65. The van der Waals surface area contributed by atoms with Crippen LogP contribution in [-0.4, -0.2) is 12.4 Å². The Labute approximate surface area is 135 Å². The number of rotatable bonds is 7. The number of halogens is 1. The normalized spacial score (nSPS) is 11.1. The molecule has 0 heterocycles. The maximum Gasteiger partial charge on any atom is 0.191 e. The summed E-state index contributed by atoms with van der Waals surface area (Å²) in [5.41, 5.74) is 1.69. The van der Waals surface area contributed by atoms with Gasteiger partial charge in [0.25, 0.3) is 0 Å². The summed E-state index contributed by atoms with van der Waals surface area (Å²) < 4.78 is 5.48. The third kappa shape index (κ3) is 4.93. The number of hydrogen-bond donors (Lipinski definition) is 1. The van der Waals surface area contributed by atoms with Gasteiger partial charge in [-0.1, -0.05) is 41.9 Å². The van der Waals surface area contributed by atoms with Crippen molar-refractivity contribution in [2.45, 2.75) is 13.5 Å². The van der Waals surface area contributed by atoms with Crippen LogP contribution in [0, 0.1) is 0 Å². The van der Waals surface area contributed by atoms with Crippen molar-refractivity contribution < 1.29 is 9.53 Å². The molecule has 0 saturated heterocycles. The maximum atomic E-state index is 12.2. The summed E-state index contributed by atoms with van der Waals surface area (Å²) in [7, 11) is 0. The van der Waals surface area contributed by atoms with E-state index < -0.39 is 0 Å². The van der Waals surface area contributed by atoms with Crippen LogP contribution in [0.4, 0.5) is 0 Å². The molecule has 0 aliphatic rings. The van der Waals surface area contributed by atoms with Crippen LogP contribution in [0.1, 0.15) is 22.8 Å². The van der Waals surface area contributed by atoms with Crippen LogP contribution in [0.3, 0.4) is 0 Å². The minimum atomic E-state index is -0.124. The van der Waals surface area contributed by atoms with Crippen molar-refractivity contribution in [1.29, 1.82) is 0 Å². The summed E-state index contributed by atoms with van der Waals surface area (Å²) in [5.74, 6) is 0.340. The van der Waals surface area contributed by atoms with E-state index in [1.54, 1.807) is 24.3 Å². The summed E-state index contributed by atoms with van der Waals surface area (Å²) in [6.45, 7) is 2.97. The highest BCUT2D eigenvalue weighted by Gasteiger charge is 2.06. The fraction of sp³-hybridized carbons (Fsp3) is 0.167. The van der Waals surface area contributed by atoms with Crippen LogP contribution in [0.15, 0.2) is 66.6 Å². The van der Waals surface area contributed by atoms with Gasteiger partial charge in [-0.05, 0) is 36.8 Å². The lowest BCUT2D eigenvalue weighted by Gasteiger charge is -2.11. The van der Waals surface area contributed by atoms with Crippen molar-refractivity contribution in [3.63, 3.8) is 0 Å². The quantitative estimate of drug-likeness (QED) is 0.473. The van der Waals surface area contributed by atoms with Crippen molar-refractivity contribution in [3.05, 3.63) is 82.7 Å². The number of benzene rings is 2. The van der Waals surface area contributed by atoms with Gasteiger partial charge in [-0.15, -0.1) is 0 Å². The number of carbonyl (C=O) groups excluding carboxylic acids is 1. The van der Waals surface area contributed by atoms with E-state index in [4.69, 9.17) is 16.3 Å². The van der Waals surface area contributed by atoms with E-state index in [0.717, 1.165) is 5.56 Å². The second kappa shape index (κ2) is 8.25. The minimum absolute atomic E-state index is 0.124. The number of nitrogens with one attached hydrogen (secondary N) is 1. The Bertz CT molecular complexity index is 636. The second-order valence-corrected chi connectivity index (χ2v) is 5.09. The lowest BCUT2D eigenvalue weighted by Crippen LogP contribution is -2.17. The monoisotopic (exact) mass is 315 g/mol. The minimum Gasteiger partial charge on any atom is -0.479 e. The van der Waals surface area contributed by atoms with Crippen molar-refractivity contribution in [2.24, 2.45) is 0 Å². The van der Waals surface area contributed by atoms with Gasteiger partial charge in [-0.25, -0.2) is 0 Å². The van der Waals surface area contributed by atoms with Crippen molar-refractivity contribution in [1.82, 2.24) is 5.32 Å². The number of carbonyl (C=O) groups is 1. The number of ether oxygens (including phenoxy) is 1. The van der Waals surface area contributed by atoms with Gasteiger partial charge in [0, 0.05) is 23.2 Å². The molecule has 0 aromatic heterocycles. The molecule has 0 amide bonds. The predicted molar refractivity (Wildman–Crippen MR) is 88.8 cm³/mol. The highest BCUT2D eigenvalue weighted by molar-refractivity contribution is 6.30. The molecule has 3 nitrogen and oxygen atoms in total. The smallest absolute Gasteiger partial charge is 0.191 e.